The quantitative estimate of drug-likeness (QED) is 0.488. The molecule has 1 fully saturated rings. The van der Waals surface area contributed by atoms with E-state index in [1.165, 1.54) is 30.4 Å². The Labute approximate surface area is 178 Å². The Bertz CT molecular complexity index is 558. The second-order valence-electron chi connectivity index (χ2n) is 5.53. The van der Waals surface area contributed by atoms with Gasteiger partial charge in [0, 0.05) is 28.8 Å². The molecule has 0 spiro atoms. The molecule has 1 aliphatic rings. The number of aryl methyl sites for hydroxylation is 2. The molecule has 1 aliphatic carbocycles. The fourth-order valence-corrected chi connectivity index (χ4v) is 1.97. The Morgan fingerprint density at radius 1 is 1.04 bits per heavy atom. The molecule has 3 rings (SSSR count). The van der Waals surface area contributed by atoms with Crippen LogP contribution in [0.5, 0.6) is 0 Å². The number of rotatable bonds is 2. The Kier molecular flexibility index (Phi) is 20.0. The smallest absolute Gasteiger partial charge is 0.133 e. The summed E-state index contributed by atoms with van der Waals surface area (Å²) in [7, 11) is 1.88. The molecule has 5 heteroatoms. The van der Waals surface area contributed by atoms with Crippen LogP contribution in [0.4, 0.5) is 5.69 Å². The molecule has 0 saturated heterocycles. The van der Waals surface area contributed by atoms with E-state index < -0.39 is 0 Å². The number of aldehydes is 1. The van der Waals surface area contributed by atoms with E-state index in [1.807, 2.05) is 58.2 Å². The van der Waals surface area contributed by atoms with Gasteiger partial charge in [0.15, 0.2) is 0 Å². The topological polar surface area (TPSA) is 55.1 Å². The number of hydrogen-bond donors (Lipinski definition) is 2. The highest BCUT2D eigenvalue weighted by atomic mass is 79.9. The molecule has 0 heterocycles. The van der Waals surface area contributed by atoms with Crippen molar-refractivity contribution in [2.75, 3.05) is 18.9 Å². The van der Waals surface area contributed by atoms with Crippen molar-refractivity contribution in [3.05, 3.63) is 63.1 Å². The first-order chi connectivity index (χ1) is 12.9. The molecular formula is C22H34BrClN2O. The first-order valence-corrected chi connectivity index (χ1v) is 10.4. The highest BCUT2D eigenvalue weighted by Crippen LogP contribution is 2.17. The van der Waals surface area contributed by atoms with Crippen LogP contribution in [0, 0.1) is 13.8 Å². The van der Waals surface area contributed by atoms with Crippen LogP contribution >= 0.6 is 27.5 Å². The van der Waals surface area contributed by atoms with Gasteiger partial charge in [-0.05, 0) is 49.7 Å². The SMILES string of the molecule is C1CC1.CC.CNc1cc(C)cc(Cl)c1.Cc1ccc(Br)cc1.NCC=O. The minimum atomic E-state index is 0.139. The summed E-state index contributed by atoms with van der Waals surface area (Å²) in [5.41, 5.74) is 8.20. The van der Waals surface area contributed by atoms with E-state index in [4.69, 9.17) is 16.4 Å². The summed E-state index contributed by atoms with van der Waals surface area (Å²) in [6, 6.07) is 14.1. The molecule has 3 N–H and O–H groups in total. The van der Waals surface area contributed by atoms with Crippen molar-refractivity contribution in [2.45, 2.75) is 47.0 Å². The van der Waals surface area contributed by atoms with Gasteiger partial charge in [0.25, 0.3) is 0 Å². The predicted octanol–water partition coefficient (Wildman–Crippen LogP) is 6.79. The van der Waals surface area contributed by atoms with E-state index >= 15 is 0 Å². The lowest BCUT2D eigenvalue weighted by atomic mass is 10.2. The number of carbonyl (C=O) groups excluding carboxylic acids is 1. The molecule has 0 atom stereocenters. The van der Waals surface area contributed by atoms with E-state index in [0.717, 1.165) is 15.2 Å². The number of nitrogens with two attached hydrogens (primary N) is 1. The fourth-order valence-electron chi connectivity index (χ4n) is 1.41. The highest BCUT2D eigenvalue weighted by molar-refractivity contribution is 9.10. The number of nitrogens with one attached hydrogen (secondary N) is 1. The lowest BCUT2D eigenvalue weighted by molar-refractivity contribution is -0.106. The van der Waals surface area contributed by atoms with Crippen LogP contribution < -0.4 is 11.1 Å². The molecule has 2 aromatic carbocycles. The van der Waals surface area contributed by atoms with Crippen LogP contribution in [0.2, 0.25) is 5.02 Å². The second-order valence-corrected chi connectivity index (χ2v) is 6.88. The molecule has 0 aromatic heterocycles. The molecule has 0 amide bonds. The van der Waals surface area contributed by atoms with Crippen molar-refractivity contribution in [2.24, 2.45) is 5.73 Å². The standard InChI is InChI=1S/C8H10ClN.C7H7Br.C3H6.C2H5NO.C2H6/c1-6-3-7(9)5-8(4-6)10-2;1-6-2-4-7(8)5-3-6;1-2-3-1;3-1-2-4;1-2/h3-5,10H,1-2H3;2-5H,1H3;1-3H2;2H,1,3H2;1-2H3. The monoisotopic (exact) mass is 456 g/mol. The average Bonchev–Trinajstić information content (AvgIpc) is 3.55. The van der Waals surface area contributed by atoms with Crippen LogP contribution in [0.1, 0.15) is 44.2 Å². The first kappa shape index (κ1) is 27.9. The molecule has 3 nitrogen and oxygen atoms in total. The van der Waals surface area contributed by atoms with Crippen molar-refractivity contribution >= 4 is 39.5 Å². The zero-order valence-corrected chi connectivity index (χ0v) is 19.5. The maximum atomic E-state index is 9.05. The van der Waals surface area contributed by atoms with Gasteiger partial charge in [-0.3, -0.25) is 0 Å². The Balaban J connectivity index is 0. The number of anilines is 1. The molecule has 0 aliphatic heterocycles. The van der Waals surface area contributed by atoms with Gasteiger partial charge in [-0.25, -0.2) is 0 Å². The summed E-state index contributed by atoms with van der Waals surface area (Å²) in [4.78, 5) is 9.05. The molecular weight excluding hydrogens is 424 g/mol. The summed E-state index contributed by atoms with van der Waals surface area (Å²) < 4.78 is 1.14. The number of halogens is 2. The Morgan fingerprint density at radius 2 is 1.52 bits per heavy atom. The van der Waals surface area contributed by atoms with E-state index in [0.29, 0.717) is 6.29 Å². The zero-order valence-electron chi connectivity index (χ0n) is 17.2. The van der Waals surface area contributed by atoms with Gasteiger partial charge in [0.2, 0.25) is 0 Å². The van der Waals surface area contributed by atoms with E-state index in [9.17, 15) is 0 Å². The molecule has 2 aromatic rings. The molecule has 152 valence electrons. The van der Waals surface area contributed by atoms with E-state index in [-0.39, 0.29) is 6.54 Å². The first-order valence-electron chi connectivity index (χ1n) is 9.23. The van der Waals surface area contributed by atoms with Crippen molar-refractivity contribution < 1.29 is 4.79 Å². The molecule has 0 bridgehead atoms. The van der Waals surface area contributed by atoms with Gasteiger partial charge < -0.3 is 15.8 Å². The summed E-state index contributed by atoms with van der Waals surface area (Å²) in [5.74, 6) is 0. The Morgan fingerprint density at radius 3 is 1.81 bits per heavy atom. The highest BCUT2D eigenvalue weighted by Gasteiger charge is 1.95. The van der Waals surface area contributed by atoms with Crippen molar-refractivity contribution in [3.8, 4) is 0 Å². The second kappa shape index (κ2) is 19.4. The zero-order chi connectivity index (χ0) is 21.1. The van der Waals surface area contributed by atoms with Crippen LogP contribution in [0.15, 0.2) is 46.9 Å². The van der Waals surface area contributed by atoms with Gasteiger partial charge >= 0.3 is 0 Å². The fraction of sp³-hybridized carbons (Fsp3) is 0.409. The summed E-state index contributed by atoms with van der Waals surface area (Å²) in [6.07, 6.45) is 5.15. The largest absolute Gasteiger partial charge is 0.388 e. The third kappa shape index (κ3) is 20.8. The van der Waals surface area contributed by atoms with Crippen LogP contribution in [0.25, 0.3) is 0 Å². The van der Waals surface area contributed by atoms with Crippen molar-refractivity contribution in [1.82, 2.24) is 0 Å². The lowest BCUT2D eigenvalue weighted by Crippen LogP contribution is -1.97. The van der Waals surface area contributed by atoms with Gasteiger partial charge in [-0.2, -0.15) is 0 Å². The normalized spacial score (nSPS) is 10.1. The van der Waals surface area contributed by atoms with Crippen LogP contribution in [0.3, 0.4) is 0 Å². The summed E-state index contributed by atoms with van der Waals surface area (Å²) >= 11 is 9.13. The Hall–Kier alpha value is -1.36. The number of carbonyl (C=O) groups is 1. The van der Waals surface area contributed by atoms with E-state index in [2.05, 4.69) is 46.0 Å². The van der Waals surface area contributed by atoms with Crippen molar-refractivity contribution in [3.63, 3.8) is 0 Å². The van der Waals surface area contributed by atoms with Gasteiger partial charge in [-0.15, -0.1) is 0 Å². The minimum absolute atomic E-state index is 0.139. The third-order valence-corrected chi connectivity index (χ3v) is 3.54. The summed E-state index contributed by atoms with van der Waals surface area (Å²) in [5, 5.41) is 3.81. The molecule has 0 unspecified atom stereocenters. The van der Waals surface area contributed by atoms with Crippen molar-refractivity contribution in [1.29, 1.82) is 0 Å². The minimum Gasteiger partial charge on any atom is -0.388 e. The molecule has 1 saturated carbocycles. The third-order valence-electron chi connectivity index (χ3n) is 2.79. The maximum absolute atomic E-state index is 9.05. The molecule has 0 radical (unpaired) electrons. The van der Waals surface area contributed by atoms with Crippen LogP contribution in [-0.4, -0.2) is 19.9 Å². The van der Waals surface area contributed by atoms with Crippen LogP contribution in [-0.2, 0) is 4.79 Å². The molecule has 27 heavy (non-hydrogen) atoms. The average molecular weight is 458 g/mol. The number of hydrogen-bond acceptors (Lipinski definition) is 3. The van der Waals surface area contributed by atoms with E-state index in [1.54, 1.807) is 0 Å². The van der Waals surface area contributed by atoms with Gasteiger partial charge in [0.1, 0.15) is 6.29 Å². The maximum Gasteiger partial charge on any atom is 0.133 e. The van der Waals surface area contributed by atoms with Gasteiger partial charge in [0.05, 0.1) is 0 Å². The predicted molar refractivity (Wildman–Crippen MR) is 125 cm³/mol. The number of benzene rings is 2. The van der Waals surface area contributed by atoms with Gasteiger partial charge in [-0.1, -0.05) is 78.3 Å². The lowest BCUT2D eigenvalue weighted by Gasteiger charge is -2.01. The summed E-state index contributed by atoms with van der Waals surface area (Å²) in [6.45, 7) is 8.24.